The van der Waals surface area contributed by atoms with Crippen molar-refractivity contribution in [1.29, 1.82) is 0 Å². The molecule has 1 aliphatic rings. The molecule has 1 aromatic rings. The van der Waals surface area contributed by atoms with Gasteiger partial charge in [-0.1, -0.05) is 60.1 Å². The van der Waals surface area contributed by atoms with Crippen molar-refractivity contribution in [3.05, 3.63) is 42.0 Å². The summed E-state index contributed by atoms with van der Waals surface area (Å²) in [6, 6.07) is 6.73. The van der Waals surface area contributed by atoms with Crippen molar-refractivity contribution in [3.63, 3.8) is 0 Å². The lowest BCUT2D eigenvalue weighted by molar-refractivity contribution is -0.137. The predicted molar refractivity (Wildman–Crippen MR) is 164 cm³/mol. The molecule has 0 bridgehead atoms. The van der Waals surface area contributed by atoms with Crippen molar-refractivity contribution in [2.45, 2.75) is 86.1 Å². The molecule has 1 unspecified atom stereocenters. The topological polar surface area (TPSA) is 154 Å². The van der Waals surface area contributed by atoms with Crippen LogP contribution in [0.2, 0.25) is 0 Å². The van der Waals surface area contributed by atoms with Gasteiger partial charge in [0, 0.05) is 37.3 Å². The second-order valence-electron chi connectivity index (χ2n) is 9.65. The van der Waals surface area contributed by atoms with Crippen LogP contribution in [0.4, 0.5) is 5.69 Å². The molecular formula is C31H49N5O6. The van der Waals surface area contributed by atoms with Crippen LogP contribution in [0.25, 0.3) is 0 Å². The smallest absolute Gasteiger partial charge is 0.253 e. The van der Waals surface area contributed by atoms with Gasteiger partial charge >= 0.3 is 0 Å². The van der Waals surface area contributed by atoms with Crippen LogP contribution in [0.1, 0.15) is 79.2 Å². The maximum Gasteiger partial charge on any atom is 0.253 e. The Labute approximate surface area is 250 Å². The third-order valence-electron chi connectivity index (χ3n) is 6.00. The summed E-state index contributed by atoms with van der Waals surface area (Å²) in [4.78, 5) is 70.7. The minimum atomic E-state index is -0.755. The summed E-state index contributed by atoms with van der Waals surface area (Å²) >= 11 is 0. The lowest BCUT2D eigenvalue weighted by Gasteiger charge is -2.21. The van der Waals surface area contributed by atoms with E-state index in [9.17, 15) is 28.8 Å². The molecule has 0 aromatic heterocycles. The first-order valence-electron chi connectivity index (χ1n) is 14.8. The van der Waals surface area contributed by atoms with Gasteiger partial charge in [-0.05, 0) is 49.3 Å². The average Bonchev–Trinajstić information content (AvgIpc) is 3.31. The first-order valence-corrected chi connectivity index (χ1v) is 14.8. The summed E-state index contributed by atoms with van der Waals surface area (Å²) in [6.45, 7) is 12.6. The van der Waals surface area contributed by atoms with Crippen molar-refractivity contribution in [3.8, 4) is 0 Å². The molecule has 0 fully saturated rings. The average molecular weight is 588 g/mol. The number of hydrogen-bond acceptors (Lipinski definition) is 6. The van der Waals surface area contributed by atoms with Crippen LogP contribution < -0.4 is 21.3 Å². The largest absolute Gasteiger partial charge is 0.359 e. The van der Waals surface area contributed by atoms with Crippen molar-refractivity contribution in [2.24, 2.45) is 5.92 Å². The highest BCUT2D eigenvalue weighted by Crippen LogP contribution is 2.10. The van der Waals surface area contributed by atoms with Crippen LogP contribution in [-0.2, 0) is 35.2 Å². The van der Waals surface area contributed by atoms with Crippen LogP contribution >= 0.6 is 0 Å². The van der Waals surface area contributed by atoms with Gasteiger partial charge in [-0.25, -0.2) is 0 Å². The Morgan fingerprint density at radius 2 is 1.52 bits per heavy atom. The third kappa shape index (κ3) is 15.7. The molecule has 6 amide bonds. The fraction of sp³-hybridized carbons (Fsp3) is 0.548. The van der Waals surface area contributed by atoms with E-state index < -0.39 is 11.9 Å². The molecule has 11 heteroatoms. The molecule has 0 radical (unpaired) electrons. The number of aryl methyl sites for hydroxylation is 1. The van der Waals surface area contributed by atoms with Crippen molar-refractivity contribution in [1.82, 2.24) is 20.9 Å². The molecule has 1 aromatic carbocycles. The Morgan fingerprint density at radius 3 is 2.02 bits per heavy atom. The quantitative estimate of drug-likeness (QED) is 0.132. The van der Waals surface area contributed by atoms with E-state index >= 15 is 0 Å². The van der Waals surface area contributed by atoms with E-state index in [1.165, 1.54) is 17.1 Å². The highest BCUT2D eigenvalue weighted by atomic mass is 16.2. The number of hydrogen-bond donors (Lipinski definition) is 4. The molecule has 0 saturated carbocycles. The molecule has 0 spiro atoms. The summed E-state index contributed by atoms with van der Waals surface area (Å²) in [5, 5.41) is 10.6. The predicted octanol–water partition coefficient (Wildman–Crippen LogP) is 3.10. The number of rotatable bonds is 16. The monoisotopic (exact) mass is 587 g/mol. The number of carbonyl (C=O) groups is 6. The lowest BCUT2D eigenvalue weighted by Crippen LogP contribution is -2.51. The highest BCUT2D eigenvalue weighted by molar-refractivity contribution is 6.12. The van der Waals surface area contributed by atoms with E-state index in [2.05, 4.69) is 21.3 Å². The van der Waals surface area contributed by atoms with Crippen molar-refractivity contribution >= 4 is 41.6 Å². The second kappa shape index (κ2) is 22.6. The van der Waals surface area contributed by atoms with Gasteiger partial charge in [-0.2, -0.15) is 0 Å². The van der Waals surface area contributed by atoms with Crippen LogP contribution in [0.5, 0.6) is 0 Å². The highest BCUT2D eigenvalue weighted by Gasteiger charge is 2.25. The van der Waals surface area contributed by atoms with Crippen LogP contribution in [0.15, 0.2) is 36.4 Å². The van der Waals surface area contributed by atoms with Gasteiger partial charge in [0.05, 0.1) is 6.54 Å². The standard InChI is InChI=1S/C25H34N4O5.C4H9NO.C2H6/c1-4-18-9-11-19(12-10-18)27-21(31)16-26-25(34)24(17(2)3)28-20(30)8-6-5-7-15-29-22(32)13-14-23(29)33;1-2-3-5-4-6;1-2/h9-14,17,24H,4-8,15-16H2,1-3H3,(H,26,34)(H,27,31)(H,28,30);4H,2-3H2,1H3,(H,5,6);1-2H3. The van der Waals surface area contributed by atoms with Gasteiger partial charge in [-0.15, -0.1) is 0 Å². The minimum Gasteiger partial charge on any atom is -0.359 e. The SMILES string of the molecule is CC.CCCNC=O.CCc1ccc(NC(=O)CNC(=O)C(NC(=O)CCCCCN2C(=O)C=CC2=O)C(C)C)cc1. The zero-order valence-electron chi connectivity index (χ0n) is 26.0. The van der Waals surface area contributed by atoms with Crippen LogP contribution in [0, 0.1) is 5.92 Å². The molecule has 4 N–H and O–H groups in total. The number of anilines is 1. The van der Waals surface area contributed by atoms with Crippen molar-refractivity contribution in [2.75, 3.05) is 25.0 Å². The minimum absolute atomic E-state index is 0.159. The zero-order chi connectivity index (χ0) is 31.9. The van der Waals surface area contributed by atoms with Crippen molar-refractivity contribution < 1.29 is 28.8 Å². The molecule has 11 nitrogen and oxygen atoms in total. The second-order valence-corrected chi connectivity index (χ2v) is 9.65. The molecular weight excluding hydrogens is 538 g/mol. The van der Waals surface area contributed by atoms with E-state index in [1.54, 1.807) is 0 Å². The van der Waals surface area contributed by atoms with E-state index in [0.717, 1.165) is 24.9 Å². The first-order chi connectivity index (χ1) is 20.1. The zero-order valence-corrected chi connectivity index (χ0v) is 26.0. The molecule has 0 saturated heterocycles. The normalized spacial score (nSPS) is 12.4. The van der Waals surface area contributed by atoms with Gasteiger partial charge in [0.2, 0.25) is 24.1 Å². The van der Waals surface area contributed by atoms with Gasteiger partial charge in [0.15, 0.2) is 0 Å². The third-order valence-corrected chi connectivity index (χ3v) is 6.00. The summed E-state index contributed by atoms with van der Waals surface area (Å²) in [5.74, 6) is -1.80. The number of benzene rings is 1. The van der Waals surface area contributed by atoms with Gasteiger partial charge in [0.25, 0.3) is 11.8 Å². The van der Waals surface area contributed by atoms with Gasteiger partial charge in [0.1, 0.15) is 6.04 Å². The molecule has 1 heterocycles. The van der Waals surface area contributed by atoms with Gasteiger partial charge in [-0.3, -0.25) is 33.7 Å². The van der Waals surface area contributed by atoms with E-state index in [0.29, 0.717) is 37.9 Å². The number of imide groups is 1. The fourth-order valence-electron chi connectivity index (χ4n) is 3.67. The molecule has 1 atom stereocenters. The molecule has 2 rings (SSSR count). The number of nitrogens with zero attached hydrogens (tertiary/aromatic N) is 1. The van der Waals surface area contributed by atoms with E-state index in [-0.39, 0.29) is 42.5 Å². The Kier molecular flexibility index (Phi) is 20.5. The Morgan fingerprint density at radius 1 is 0.905 bits per heavy atom. The number of unbranched alkanes of at least 4 members (excludes halogenated alkanes) is 2. The van der Waals surface area contributed by atoms with E-state index in [1.807, 2.05) is 65.8 Å². The number of amides is 6. The molecule has 1 aliphatic heterocycles. The van der Waals surface area contributed by atoms with E-state index in [4.69, 9.17) is 0 Å². The number of carbonyl (C=O) groups excluding carboxylic acids is 6. The summed E-state index contributed by atoms with van der Waals surface area (Å²) in [7, 11) is 0. The molecule has 42 heavy (non-hydrogen) atoms. The molecule has 0 aliphatic carbocycles. The van der Waals surface area contributed by atoms with Gasteiger partial charge < -0.3 is 21.3 Å². The maximum atomic E-state index is 12.6. The fourth-order valence-corrected chi connectivity index (χ4v) is 3.67. The summed E-state index contributed by atoms with van der Waals surface area (Å²) in [6.07, 6.45) is 7.21. The Bertz CT molecular complexity index is 1010. The first kappa shape index (κ1) is 38.0. The lowest BCUT2D eigenvalue weighted by atomic mass is 10.0. The Balaban J connectivity index is 0.00000186. The summed E-state index contributed by atoms with van der Waals surface area (Å²) < 4.78 is 0. The molecule has 234 valence electrons. The Hall–Kier alpha value is -4.02. The summed E-state index contributed by atoms with van der Waals surface area (Å²) in [5.41, 5.74) is 1.82. The van der Waals surface area contributed by atoms with Crippen LogP contribution in [-0.4, -0.2) is 66.5 Å². The van der Waals surface area contributed by atoms with Crippen LogP contribution in [0.3, 0.4) is 0 Å². The number of nitrogens with one attached hydrogen (secondary N) is 4. The maximum absolute atomic E-state index is 12.6.